The second-order valence-corrected chi connectivity index (χ2v) is 11.0. The maximum Gasteiger partial charge on any atom is 0.309 e. The van der Waals surface area contributed by atoms with Gasteiger partial charge in [-0.2, -0.15) is 5.10 Å². The maximum atomic E-state index is 12.0. The predicted molar refractivity (Wildman–Crippen MR) is 159 cm³/mol. The molecule has 3 aromatic heterocycles. The smallest absolute Gasteiger partial charge is 0.309 e. The van der Waals surface area contributed by atoms with Crippen LogP contribution < -0.4 is 4.74 Å². The molecule has 8 heteroatoms. The summed E-state index contributed by atoms with van der Waals surface area (Å²) >= 11 is 0. The van der Waals surface area contributed by atoms with Gasteiger partial charge in [-0.25, -0.2) is 9.97 Å². The van der Waals surface area contributed by atoms with E-state index in [4.69, 9.17) is 14.7 Å². The predicted octanol–water partition coefficient (Wildman–Crippen LogP) is 6.27. The minimum Gasteiger partial charge on any atom is -0.487 e. The van der Waals surface area contributed by atoms with Crippen molar-refractivity contribution >= 4 is 27.9 Å². The van der Waals surface area contributed by atoms with Crippen LogP contribution in [-0.4, -0.2) is 35.4 Å². The summed E-state index contributed by atoms with van der Waals surface area (Å²) in [4.78, 5) is 21.6. The molecule has 3 aromatic carbocycles. The zero-order chi connectivity index (χ0) is 28.6. The molecule has 0 radical (unpaired) electrons. The van der Waals surface area contributed by atoms with Gasteiger partial charge >= 0.3 is 5.97 Å². The largest absolute Gasteiger partial charge is 0.487 e. The van der Waals surface area contributed by atoms with Crippen molar-refractivity contribution in [2.45, 2.75) is 33.4 Å². The van der Waals surface area contributed by atoms with Crippen molar-refractivity contribution in [2.24, 2.45) is 12.5 Å². The fourth-order valence-electron chi connectivity index (χ4n) is 5.00. The number of pyridine rings is 1. The molecule has 8 nitrogen and oxygen atoms in total. The number of aliphatic carboxylic acids is 1. The molecule has 0 unspecified atom stereocenters. The molecule has 0 aliphatic rings. The number of benzene rings is 3. The first-order valence-corrected chi connectivity index (χ1v) is 13.5. The Morgan fingerprint density at radius 3 is 2.49 bits per heavy atom. The molecule has 0 atom stereocenters. The van der Waals surface area contributed by atoms with Crippen LogP contribution in [0.25, 0.3) is 33.2 Å². The lowest BCUT2D eigenvalue weighted by atomic mass is 9.89. The summed E-state index contributed by atoms with van der Waals surface area (Å²) in [5.74, 6) is 0.543. The minimum absolute atomic E-state index is 0.293. The maximum absolute atomic E-state index is 12.0. The van der Waals surface area contributed by atoms with Crippen molar-refractivity contribution in [1.29, 1.82) is 0 Å². The molecule has 41 heavy (non-hydrogen) atoms. The number of hydrogen-bond acceptors (Lipinski definition) is 5. The number of nitrogens with zero attached hydrogens (tertiary/aromatic N) is 5. The van der Waals surface area contributed by atoms with Crippen molar-refractivity contribution in [3.8, 4) is 17.0 Å². The molecule has 0 aliphatic carbocycles. The van der Waals surface area contributed by atoms with E-state index < -0.39 is 11.4 Å². The Morgan fingerprint density at radius 1 is 0.927 bits per heavy atom. The standard InChI is InChI=1S/C33H31N5O3/c1-33(2,32(39)40)19-31-36-28-18-26(41-21-25-13-12-23-6-4-5-7-27(23)35-25)14-15-30(28)38(31)20-22-8-10-24(11-9-22)29-16-17-34-37(29)3/h4-18H,19-21H2,1-3H3,(H,39,40). The van der Waals surface area contributed by atoms with Gasteiger partial charge in [-0.15, -0.1) is 0 Å². The Labute approximate surface area is 237 Å². The number of fused-ring (bicyclic) bond motifs is 2. The van der Waals surface area contributed by atoms with Crippen molar-refractivity contribution in [3.05, 3.63) is 108 Å². The zero-order valence-electron chi connectivity index (χ0n) is 23.3. The van der Waals surface area contributed by atoms with Crippen LogP contribution in [-0.2, 0) is 31.4 Å². The van der Waals surface area contributed by atoms with Crippen molar-refractivity contribution < 1.29 is 14.6 Å². The molecule has 6 aromatic rings. The fourth-order valence-corrected chi connectivity index (χ4v) is 5.00. The van der Waals surface area contributed by atoms with E-state index in [9.17, 15) is 9.90 Å². The molecule has 0 fully saturated rings. The Kier molecular flexibility index (Phi) is 6.75. The van der Waals surface area contributed by atoms with E-state index >= 15 is 0 Å². The molecule has 3 heterocycles. The molecule has 0 spiro atoms. The number of aryl methyl sites for hydroxylation is 1. The minimum atomic E-state index is -0.969. The van der Waals surface area contributed by atoms with Gasteiger partial charge in [0.2, 0.25) is 0 Å². The normalized spacial score (nSPS) is 11.8. The zero-order valence-corrected chi connectivity index (χ0v) is 23.3. The van der Waals surface area contributed by atoms with Gasteiger partial charge in [0.05, 0.1) is 33.4 Å². The number of aromatic nitrogens is 5. The lowest BCUT2D eigenvalue weighted by Crippen LogP contribution is -2.27. The molecule has 206 valence electrons. The quantitative estimate of drug-likeness (QED) is 0.230. The molecule has 0 amide bonds. The Balaban J connectivity index is 1.29. The second kappa shape index (κ2) is 10.5. The third kappa shape index (κ3) is 5.41. The van der Waals surface area contributed by atoms with Gasteiger partial charge in [-0.1, -0.05) is 48.5 Å². The Morgan fingerprint density at radius 2 is 1.73 bits per heavy atom. The van der Waals surface area contributed by atoms with Crippen LogP contribution in [0.5, 0.6) is 5.75 Å². The molecule has 0 aliphatic heterocycles. The van der Waals surface area contributed by atoms with Crippen LogP contribution in [0.1, 0.15) is 30.9 Å². The molecule has 1 N–H and O–H groups in total. The molecular weight excluding hydrogens is 514 g/mol. The lowest BCUT2D eigenvalue weighted by Gasteiger charge is -2.19. The second-order valence-electron chi connectivity index (χ2n) is 11.0. The van der Waals surface area contributed by atoms with Crippen molar-refractivity contribution in [3.63, 3.8) is 0 Å². The number of ether oxygens (including phenoxy) is 1. The summed E-state index contributed by atoms with van der Waals surface area (Å²) in [6, 6.07) is 28.2. The summed E-state index contributed by atoms with van der Waals surface area (Å²) in [5.41, 5.74) is 5.70. The topological polar surface area (TPSA) is 95.1 Å². The number of imidazole rings is 1. The van der Waals surface area contributed by atoms with Gasteiger partial charge in [-0.3, -0.25) is 9.48 Å². The van der Waals surface area contributed by atoms with E-state index in [1.54, 1.807) is 20.0 Å². The summed E-state index contributed by atoms with van der Waals surface area (Å²) in [5, 5.41) is 15.2. The number of para-hydroxylation sites is 1. The molecule has 0 bridgehead atoms. The number of carbonyl (C=O) groups is 1. The Bertz CT molecular complexity index is 1870. The monoisotopic (exact) mass is 545 g/mol. The lowest BCUT2D eigenvalue weighted by molar-refractivity contribution is -0.146. The third-order valence-electron chi connectivity index (χ3n) is 7.43. The van der Waals surface area contributed by atoms with E-state index in [0.29, 0.717) is 25.3 Å². The van der Waals surface area contributed by atoms with E-state index in [1.165, 1.54) is 0 Å². The first-order valence-electron chi connectivity index (χ1n) is 13.5. The number of rotatable bonds is 9. The summed E-state index contributed by atoms with van der Waals surface area (Å²) in [6.45, 7) is 4.35. The number of carboxylic acid groups (broad SMARTS) is 1. The third-order valence-corrected chi connectivity index (χ3v) is 7.43. The molecule has 6 rings (SSSR count). The van der Waals surface area contributed by atoms with Gasteiger partial charge in [0.1, 0.15) is 18.2 Å². The molecular formula is C33H31N5O3. The van der Waals surface area contributed by atoms with Gasteiger partial charge < -0.3 is 14.4 Å². The van der Waals surface area contributed by atoms with Crippen LogP contribution in [0.3, 0.4) is 0 Å². The van der Waals surface area contributed by atoms with Crippen LogP contribution >= 0.6 is 0 Å². The Hall–Kier alpha value is -4.98. The first-order chi connectivity index (χ1) is 19.8. The average molecular weight is 546 g/mol. The highest BCUT2D eigenvalue weighted by Crippen LogP contribution is 2.29. The summed E-state index contributed by atoms with van der Waals surface area (Å²) in [7, 11) is 1.92. The van der Waals surface area contributed by atoms with Crippen LogP contribution in [0.2, 0.25) is 0 Å². The molecule has 0 saturated heterocycles. The van der Waals surface area contributed by atoms with Crippen molar-refractivity contribution in [1.82, 2.24) is 24.3 Å². The highest BCUT2D eigenvalue weighted by molar-refractivity contribution is 5.79. The highest BCUT2D eigenvalue weighted by Gasteiger charge is 2.30. The van der Waals surface area contributed by atoms with Gasteiger partial charge in [0.25, 0.3) is 0 Å². The van der Waals surface area contributed by atoms with Crippen LogP contribution in [0.15, 0.2) is 91.1 Å². The fraction of sp³-hybridized carbons (Fsp3) is 0.212. The summed E-state index contributed by atoms with van der Waals surface area (Å²) < 4.78 is 10.1. The highest BCUT2D eigenvalue weighted by atomic mass is 16.5. The van der Waals surface area contributed by atoms with Gasteiger partial charge in [-0.05, 0) is 55.3 Å². The van der Waals surface area contributed by atoms with E-state index in [2.05, 4.69) is 33.9 Å². The number of hydrogen-bond donors (Lipinski definition) is 1. The van der Waals surface area contributed by atoms with Crippen molar-refractivity contribution in [2.75, 3.05) is 0 Å². The molecule has 0 saturated carbocycles. The van der Waals surface area contributed by atoms with Crippen LogP contribution in [0.4, 0.5) is 0 Å². The SMILES string of the molecule is Cn1nccc1-c1ccc(Cn2c(CC(C)(C)C(=O)O)nc3cc(OCc4ccc5ccccc5n4)ccc32)cc1. The average Bonchev–Trinajstić information content (AvgIpc) is 3.54. The first kappa shape index (κ1) is 26.3. The van der Waals surface area contributed by atoms with Gasteiger partial charge in [0, 0.05) is 37.7 Å². The van der Waals surface area contributed by atoms with E-state index in [-0.39, 0.29) is 0 Å². The van der Waals surface area contributed by atoms with Crippen LogP contribution in [0, 0.1) is 5.41 Å². The number of carboxylic acids is 1. The van der Waals surface area contributed by atoms with E-state index in [0.717, 1.165) is 50.3 Å². The van der Waals surface area contributed by atoms with Gasteiger partial charge in [0.15, 0.2) is 0 Å². The summed E-state index contributed by atoms with van der Waals surface area (Å²) in [6.07, 6.45) is 2.08. The van der Waals surface area contributed by atoms with E-state index in [1.807, 2.05) is 72.4 Å².